The molecular weight excluding hydrogens is 554 g/mol. The Labute approximate surface area is 252 Å². The topological polar surface area (TPSA) is 123 Å². The lowest BCUT2D eigenvalue weighted by molar-refractivity contribution is -0.150. The zero-order chi connectivity index (χ0) is 31.3. The Morgan fingerprint density at radius 2 is 1.53 bits per heavy atom. The number of fused-ring (bicyclic) bond motifs is 1. The predicted molar refractivity (Wildman–Crippen MR) is 155 cm³/mol. The summed E-state index contributed by atoms with van der Waals surface area (Å²) in [6, 6.07) is 4.38. The minimum absolute atomic E-state index is 0.0338. The van der Waals surface area contributed by atoms with Crippen LogP contribution in [0.3, 0.4) is 0 Å². The van der Waals surface area contributed by atoms with E-state index in [1.165, 1.54) is 4.90 Å². The predicted octanol–water partition coefficient (Wildman–Crippen LogP) is 5.04. The number of amides is 5. The Bertz CT molecular complexity index is 1320. The van der Waals surface area contributed by atoms with E-state index >= 15 is 0 Å². The van der Waals surface area contributed by atoms with E-state index in [0.29, 0.717) is 34.9 Å². The fourth-order valence-electron chi connectivity index (χ4n) is 6.57. The molecule has 5 amide bonds. The molecule has 0 N–H and O–H groups in total. The van der Waals surface area contributed by atoms with E-state index in [2.05, 4.69) is 0 Å². The number of benzene rings is 1. The fraction of sp³-hybridized carbons (Fsp3) is 0.656. The molecule has 1 aromatic carbocycles. The standard InChI is InChI=1S/C32H43N3O8/c1-30(2,3)42-28(39)33-17-16-32(19-33)14-12-20(13-15-32)41-24-9-7-8-21-22(24)18-34(26(21)37)23-10-11-25(36)35(27(23)38)29(40)43-31(4,5)6/h7-9,20,23H,10-19H2,1-6H3. The van der Waals surface area contributed by atoms with Gasteiger partial charge in [-0.25, -0.2) is 9.59 Å². The van der Waals surface area contributed by atoms with Gasteiger partial charge in [-0.1, -0.05) is 6.07 Å². The maximum absolute atomic E-state index is 13.5. The molecular formula is C32H43N3O8. The molecule has 0 bridgehead atoms. The molecule has 4 aliphatic rings. The molecule has 1 atom stereocenters. The molecule has 1 spiro atoms. The highest BCUT2D eigenvalue weighted by molar-refractivity contribution is 6.13. The van der Waals surface area contributed by atoms with E-state index in [0.717, 1.165) is 32.1 Å². The normalized spacial score (nSPS) is 26.2. The average molecular weight is 598 g/mol. The van der Waals surface area contributed by atoms with Crippen LogP contribution in [0.25, 0.3) is 0 Å². The third-order valence-electron chi connectivity index (χ3n) is 8.67. The Morgan fingerprint density at radius 3 is 2.19 bits per heavy atom. The number of ether oxygens (including phenoxy) is 3. The van der Waals surface area contributed by atoms with Crippen molar-refractivity contribution in [3.63, 3.8) is 0 Å². The second-order valence-corrected chi connectivity index (χ2v) is 14.3. The molecule has 11 heteroatoms. The van der Waals surface area contributed by atoms with E-state index in [-0.39, 0.29) is 42.9 Å². The van der Waals surface area contributed by atoms with Crippen molar-refractivity contribution >= 4 is 29.9 Å². The first-order valence-corrected chi connectivity index (χ1v) is 15.2. The second kappa shape index (κ2) is 11.1. The van der Waals surface area contributed by atoms with Crippen molar-refractivity contribution in [2.75, 3.05) is 13.1 Å². The van der Waals surface area contributed by atoms with Crippen molar-refractivity contribution in [3.8, 4) is 5.75 Å². The van der Waals surface area contributed by atoms with Crippen molar-refractivity contribution in [1.82, 2.24) is 14.7 Å². The molecule has 1 aromatic rings. The van der Waals surface area contributed by atoms with Gasteiger partial charge in [0.05, 0.1) is 12.6 Å². The van der Waals surface area contributed by atoms with Crippen molar-refractivity contribution < 1.29 is 38.2 Å². The molecule has 2 saturated heterocycles. The number of hydrogen-bond acceptors (Lipinski definition) is 8. The largest absolute Gasteiger partial charge is 0.490 e. The molecule has 1 unspecified atom stereocenters. The summed E-state index contributed by atoms with van der Waals surface area (Å²) in [5.41, 5.74) is -0.170. The Balaban J connectivity index is 1.22. The van der Waals surface area contributed by atoms with Crippen LogP contribution in [-0.2, 0) is 25.6 Å². The van der Waals surface area contributed by atoms with Gasteiger partial charge in [0.1, 0.15) is 23.0 Å². The van der Waals surface area contributed by atoms with E-state index < -0.39 is 35.2 Å². The first kappa shape index (κ1) is 30.8. The Morgan fingerprint density at radius 1 is 0.884 bits per heavy atom. The smallest absolute Gasteiger partial charge is 0.424 e. The van der Waals surface area contributed by atoms with Crippen molar-refractivity contribution in [2.45, 2.75) is 116 Å². The van der Waals surface area contributed by atoms with Crippen LogP contribution in [0.4, 0.5) is 9.59 Å². The number of nitrogens with zero attached hydrogens (tertiary/aromatic N) is 3. The van der Waals surface area contributed by atoms with Gasteiger partial charge in [-0.3, -0.25) is 14.4 Å². The van der Waals surface area contributed by atoms with Crippen LogP contribution in [0.2, 0.25) is 0 Å². The molecule has 11 nitrogen and oxygen atoms in total. The lowest BCUT2D eigenvalue weighted by Gasteiger charge is -2.37. The number of likely N-dealkylation sites (tertiary alicyclic amines) is 2. The Kier molecular flexibility index (Phi) is 7.98. The summed E-state index contributed by atoms with van der Waals surface area (Å²) in [7, 11) is 0. The summed E-state index contributed by atoms with van der Waals surface area (Å²) >= 11 is 0. The average Bonchev–Trinajstić information content (AvgIpc) is 3.46. The number of carbonyl (C=O) groups is 5. The quantitative estimate of drug-likeness (QED) is 0.444. The first-order valence-electron chi connectivity index (χ1n) is 15.2. The summed E-state index contributed by atoms with van der Waals surface area (Å²) in [4.78, 5) is 68.4. The molecule has 3 aliphatic heterocycles. The molecule has 0 aromatic heterocycles. The SMILES string of the molecule is CC(C)(C)OC(=O)N1CCC2(CCC(Oc3cccc4c3CN(C3CCC(=O)N(C(=O)OC(C)(C)C)C3=O)C4=O)CC2)C1. The van der Waals surface area contributed by atoms with Crippen LogP contribution >= 0.6 is 0 Å². The molecule has 43 heavy (non-hydrogen) atoms. The fourth-order valence-corrected chi connectivity index (χ4v) is 6.57. The minimum Gasteiger partial charge on any atom is -0.490 e. The summed E-state index contributed by atoms with van der Waals surface area (Å²) in [6.07, 6.45) is 3.25. The van der Waals surface area contributed by atoms with Crippen LogP contribution < -0.4 is 4.74 Å². The highest BCUT2D eigenvalue weighted by Crippen LogP contribution is 2.45. The molecule has 0 radical (unpaired) electrons. The van der Waals surface area contributed by atoms with Gasteiger partial charge in [0.2, 0.25) is 5.91 Å². The number of imide groups is 3. The molecule has 1 saturated carbocycles. The maximum Gasteiger partial charge on any atom is 0.424 e. The van der Waals surface area contributed by atoms with Gasteiger partial charge in [0, 0.05) is 30.6 Å². The lowest BCUT2D eigenvalue weighted by Crippen LogP contribution is -2.57. The van der Waals surface area contributed by atoms with Gasteiger partial charge in [0.15, 0.2) is 0 Å². The van der Waals surface area contributed by atoms with E-state index in [1.54, 1.807) is 32.9 Å². The number of carbonyl (C=O) groups excluding carboxylic acids is 5. The van der Waals surface area contributed by atoms with Crippen LogP contribution in [0.1, 0.15) is 102 Å². The number of rotatable bonds is 3. The highest BCUT2D eigenvalue weighted by atomic mass is 16.6. The number of hydrogen-bond donors (Lipinski definition) is 0. The zero-order valence-electron chi connectivity index (χ0n) is 26.1. The maximum atomic E-state index is 13.5. The van der Waals surface area contributed by atoms with Gasteiger partial charge < -0.3 is 24.0 Å². The van der Waals surface area contributed by atoms with E-state index in [1.807, 2.05) is 31.7 Å². The molecule has 3 fully saturated rings. The summed E-state index contributed by atoms with van der Waals surface area (Å²) in [6.45, 7) is 12.1. The highest BCUT2D eigenvalue weighted by Gasteiger charge is 2.47. The first-order chi connectivity index (χ1) is 20.1. The summed E-state index contributed by atoms with van der Waals surface area (Å²) in [5, 5.41) is 0. The van der Waals surface area contributed by atoms with Gasteiger partial charge in [-0.15, -0.1) is 0 Å². The van der Waals surface area contributed by atoms with Gasteiger partial charge in [0.25, 0.3) is 11.8 Å². The van der Waals surface area contributed by atoms with Gasteiger partial charge >= 0.3 is 12.2 Å². The monoisotopic (exact) mass is 597 g/mol. The lowest BCUT2D eigenvalue weighted by atomic mass is 9.72. The van der Waals surface area contributed by atoms with Crippen molar-refractivity contribution in [3.05, 3.63) is 29.3 Å². The van der Waals surface area contributed by atoms with Crippen LogP contribution in [0.5, 0.6) is 5.75 Å². The molecule has 1 aliphatic carbocycles. The molecule has 5 rings (SSSR count). The Hall–Kier alpha value is -3.63. The van der Waals surface area contributed by atoms with Crippen molar-refractivity contribution in [2.24, 2.45) is 5.41 Å². The summed E-state index contributed by atoms with van der Waals surface area (Å²) in [5.74, 6) is -1.09. The van der Waals surface area contributed by atoms with Gasteiger partial charge in [-0.05, 0) is 97.6 Å². The second-order valence-electron chi connectivity index (χ2n) is 14.3. The van der Waals surface area contributed by atoms with Gasteiger partial charge in [-0.2, -0.15) is 4.90 Å². The zero-order valence-corrected chi connectivity index (χ0v) is 26.1. The van der Waals surface area contributed by atoms with Crippen molar-refractivity contribution in [1.29, 1.82) is 0 Å². The van der Waals surface area contributed by atoms with Crippen LogP contribution in [0.15, 0.2) is 18.2 Å². The van der Waals surface area contributed by atoms with E-state index in [9.17, 15) is 24.0 Å². The minimum atomic E-state index is -1.02. The van der Waals surface area contributed by atoms with Crippen LogP contribution in [0, 0.1) is 5.41 Å². The van der Waals surface area contributed by atoms with E-state index in [4.69, 9.17) is 14.2 Å². The molecule has 3 heterocycles. The molecule has 234 valence electrons. The third-order valence-corrected chi connectivity index (χ3v) is 8.67. The van der Waals surface area contributed by atoms with Crippen LogP contribution in [-0.4, -0.2) is 81.0 Å². The third kappa shape index (κ3) is 6.50. The number of piperidine rings is 1. The summed E-state index contributed by atoms with van der Waals surface area (Å²) < 4.78 is 17.3.